The van der Waals surface area contributed by atoms with Gasteiger partial charge in [0.25, 0.3) is 0 Å². The lowest BCUT2D eigenvalue weighted by molar-refractivity contribution is 0.0692. The van der Waals surface area contributed by atoms with Gasteiger partial charge in [0.1, 0.15) is 5.82 Å². The van der Waals surface area contributed by atoms with Crippen molar-refractivity contribution in [1.29, 1.82) is 0 Å². The number of hydrogen-bond acceptors (Lipinski definition) is 4. The Morgan fingerprint density at radius 2 is 1.95 bits per heavy atom. The number of halogens is 1. The van der Waals surface area contributed by atoms with Crippen LogP contribution in [0.15, 0.2) is 12.1 Å². The molecule has 5 nitrogen and oxygen atoms in total. The summed E-state index contributed by atoms with van der Waals surface area (Å²) < 4.78 is 13.8. The number of carbonyl (C=O) groups is 1. The van der Waals surface area contributed by atoms with E-state index in [2.05, 4.69) is 4.90 Å². The Hall–Kier alpha value is -1.82. The van der Waals surface area contributed by atoms with E-state index in [1.54, 1.807) is 0 Å². The third kappa shape index (κ3) is 3.10. The molecule has 1 saturated carbocycles. The predicted octanol–water partition coefficient (Wildman–Crippen LogP) is 1.64. The fourth-order valence-electron chi connectivity index (χ4n) is 2.85. The average Bonchev–Trinajstić information content (AvgIpc) is 3.26. The second-order valence-electron chi connectivity index (χ2n) is 5.93. The van der Waals surface area contributed by atoms with E-state index >= 15 is 0 Å². The summed E-state index contributed by atoms with van der Waals surface area (Å²) in [6, 6.07) is 2.46. The third-order valence-corrected chi connectivity index (χ3v) is 4.27. The van der Waals surface area contributed by atoms with Crippen molar-refractivity contribution in [2.45, 2.75) is 12.8 Å². The number of carboxylic acids is 1. The number of piperazine rings is 1. The van der Waals surface area contributed by atoms with Crippen LogP contribution in [0.4, 0.5) is 15.8 Å². The largest absolute Gasteiger partial charge is 0.478 e. The highest BCUT2D eigenvalue weighted by Crippen LogP contribution is 2.31. The van der Waals surface area contributed by atoms with E-state index < -0.39 is 11.8 Å². The maximum Gasteiger partial charge on any atom is 0.338 e. The van der Waals surface area contributed by atoms with Gasteiger partial charge in [-0.1, -0.05) is 0 Å². The number of nitrogens with zero attached hydrogens (tertiary/aromatic N) is 2. The molecule has 0 bridgehead atoms. The van der Waals surface area contributed by atoms with Crippen LogP contribution < -0.4 is 10.6 Å². The quantitative estimate of drug-likeness (QED) is 0.826. The minimum Gasteiger partial charge on any atom is -0.478 e. The number of carboxylic acid groups (broad SMARTS) is 1. The van der Waals surface area contributed by atoms with Gasteiger partial charge in [0, 0.05) is 38.8 Å². The minimum atomic E-state index is -1.29. The molecule has 0 atom stereocenters. The molecule has 0 aromatic heterocycles. The zero-order valence-corrected chi connectivity index (χ0v) is 11.9. The van der Waals surface area contributed by atoms with Crippen molar-refractivity contribution in [3.63, 3.8) is 0 Å². The number of hydrogen-bond donors (Lipinski definition) is 2. The molecule has 0 radical (unpaired) electrons. The SMILES string of the molecule is Nc1cc(C(=O)O)c(F)cc1N1CCN(CC2CC2)CC1. The van der Waals surface area contributed by atoms with Crippen molar-refractivity contribution >= 4 is 17.3 Å². The number of nitrogen functional groups attached to an aromatic ring is 1. The Balaban J connectivity index is 1.69. The lowest BCUT2D eigenvalue weighted by Gasteiger charge is -2.36. The molecule has 3 N–H and O–H groups in total. The van der Waals surface area contributed by atoms with E-state index in [-0.39, 0.29) is 5.56 Å². The summed E-state index contributed by atoms with van der Waals surface area (Å²) in [4.78, 5) is 15.4. The van der Waals surface area contributed by atoms with Crippen LogP contribution in [0.5, 0.6) is 0 Å². The van der Waals surface area contributed by atoms with E-state index in [1.165, 1.54) is 25.0 Å². The van der Waals surface area contributed by atoms with Crippen LogP contribution in [0.1, 0.15) is 23.2 Å². The van der Waals surface area contributed by atoms with Gasteiger partial charge in [-0.05, 0) is 24.8 Å². The number of rotatable bonds is 4. The molecule has 114 valence electrons. The molecular weight excluding hydrogens is 273 g/mol. The molecule has 2 fully saturated rings. The molecule has 1 aliphatic carbocycles. The van der Waals surface area contributed by atoms with E-state index in [1.807, 2.05) is 4.90 Å². The van der Waals surface area contributed by atoms with E-state index in [4.69, 9.17) is 10.8 Å². The lowest BCUT2D eigenvalue weighted by Crippen LogP contribution is -2.47. The molecular formula is C15H20FN3O2. The first kappa shape index (κ1) is 14.1. The van der Waals surface area contributed by atoms with Gasteiger partial charge in [-0.3, -0.25) is 4.90 Å². The van der Waals surface area contributed by atoms with Gasteiger partial charge >= 0.3 is 5.97 Å². The van der Waals surface area contributed by atoms with Crippen molar-refractivity contribution in [3.05, 3.63) is 23.5 Å². The second kappa shape index (κ2) is 5.52. The molecule has 0 spiro atoms. The van der Waals surface area contributed by atoms with E-state index in [0.717, 1.165) is 38.6 Å². The summed E-state index contributed by atoms with van der Waals surface area (Å²) in [6.07, 6.45) is 2.68. The Bertz CT molecular complexity index is 552. The predicted molar refractivity (Wildman–Crippen MR) is 79.1 cm³/mol. The van der Waals surface area contributed by atoms with Crippen LogP contribution >= 0.6 is 0 Å². The van der Waals surface area contributed by atoms with Crippen LogP contribution in [0.3, 0.4) is 0 Å². The maximum absolute atomic E-state index is 13.8. The standard InChI is InChI=1S/C15H20FN3O2/c16-12-8-14(13(17)7-11(12)15(20)21)19-5-3-18(4-6-19)9-10-1-2-10/h7-8,10H,1-6,9,17H2,(H,20,21). The van der Waals surface area contributed by atoms with Crippen LogP contribution in [-0.4, -0.2) is 48.7 Å². The topological polar surface area (TPSA) is 69.8 Å². The fraction of sp³-hybridized carbons (Fsp3) is 0.533. The van der Waals surface area contributed by atoms with Crippen molar-refractivity contribution in [2.24, 2.45) is 5.92 Å². The minimum absolute atomic E-state index is 0.324. The van der Waals surface area contributed by atoms with Crippen LogP contribution in [0, 0.1) is 11.7 Å². The van der Waals surface area contributed by atoms with Gasteiger partial charge < -0.3 is 15.7 Å². The summed E-state index contributed by atoms with van der Waals surface area (Å²) in [5, 5.41) is 8.90. The monoisotopic (exact) mass is 293 g/mol. The number of aromatic carboxylic acids is 1. The molecule has 1 saturated heterocycles. The molecule has 2 aliphatic rings. The van der Waals surface area contributed by atoms with Crippen molar-refractivity contribution in [1.82, 2.24) is 4.90 Å². The highest BCUT2D eigenvalue weighted by atomic mass is 19.1. The van der Waals surface area contributed by atoms with Crippen molar-refractivity contribution < 1.29 is 14.3 Å². The number of nitrogens with two attached hydrogens (primary N) is 1. The van der Waals surface area contributed by atoms with Crippen LogP contribution in [0.25, 0.3) is 0 Å². The smallest absolute Gasteiger partial charge is 0.338 e. The van der Waals surface area contributed by atoms with Gasteiger partial charge in [-0.2, -0.15) is 0 Å². The second-order valence-corrected chi connectivity index (χ2v) is 5.93. The molecule has 1 aromatic carbocycles. The Morgan fingerprint density at radius 3 is 2.52 bits per heavy atom. The van der Waals surface area contributed by atoms with Gasteiger partial charge in [0.05, 0.1) is 16.9 Å². The molecule has 0 amide bonds. The number of benzene rings is 1. The highest BCUT2D eigenvalue weighted by molar-refractivity contribution is 5.91. The molecule has 1 aliphatic heterocycles. The summed E-state index contributed by atoms with van der Waals surface area (Å²) in [7, 11) is 0. The molecule has 0 unspecified atom stereocenters. The Labute approximate surface area is 123 Å². The third-order valence-electron chi connectivity index (χ3n) is 4.27. The first-order valence-electron chi connectivity index (χ1n) is 7.34. The van der Waals surface area contributed by atoms with E-state index in [0.29, 0.717) is 11.4 Å². The first-order valence-corrected chi connectivity index (χ1v) is 7.34. The van der Waals surface area contributed by atoms with Crippen LogP contribution in [0.2, 0.25) is 0 Å². The van der Waals surface area contributed by atoms with Crippen molar-refractivity contribution in [2.75, 3.05) is 43.4 Å². The van der Waals surface area contributed by atoms with Crippen molar-refractivity contribution in [3.8, 4) is 0 Å². The molecule has 1 aromatic rings. The fourth-order valence-corrected chi connectivity index (χ4v) is 2.85. The summed E-state index contributed by atoms with van der Waals surface area (Å²) in [5.41, 5.74) is 6.45. The lowest BCUT2D eigenvalue weighted by atomic mass is 10.1. The highest BCUT2D eigenvalue weighted by Gasteiger charge is 2.27. The molecule has 21 heavy (non-hydrogen) atoms. The van der Waals surface area contributed by atoms with Crippen LogP contribution in [-0.2, 0) is 0 Å². The van der Waals surface area contributed by atoms with Gasteiger partial charge in [0.15, 0.2) is 0 Å². The van der Waals surface area contributed by atoms with E-state index in [9.17, 15) is 9.18 Å². The first-order chi connectivity index (χ1) is 10.0. The molecule has 3 rings (SSSR count). The molecule has 1 heterocycles. The normalized spacial score (nSPS) is 19.8. The number of anilines is 2. The summed E-state index contributed by atoms with van der Waals surface area (Å²) in [5.74, 6) is -1.15. The van der Waals surface area contributed by atoms with Gasteiger partial charge in [0.2, 0.25) is 0 Å². The van der Waals surface area contributed by atoms with Gasteiger partial charge in [-0.15, -0.1) is 0 Å². The average molecular weight is 293 g/mol. The van der Waals surface area contributed by atoms with Gasteiger partial charge in [-0.25, -0.2) is 9.18 Å². The Morgan fingerprint density at radius 1 is 1.29 bits per heavy atom. The summed E-state index contributed by atoms with van der Waals surface area (Å²) in [6.45, 7) is 4.64. The maximum atomic E-state index is 13.8. The zero-order valence-electron chi connectivity index (χ0n) is 11.9. The summed E-state index contributed by atoms with van der Waals surface area (Å²) >= 11 is 0. The molecule has 6 heteroatoms. The Kier molecular flexibility index (Phi) is 3.71. The zero-order chi connectivity index (χ0) is 15.0.